The van der Waals surface area contributed by atoms with Crippen LogP contribution in [0.3, 0.4) is 0 Å². The van der Waals surface area contributed by atoms with Gasteiger partial charge in [0.15, 0.2) is 5.78 Å². The van der Waals surface area contributed by atoms with E-state index < -0.39 is 0 Å². The van der Waals surface area contributed by atoms with Crippen molar-refractivity contribution in [3.63, 3.8) is 0 Å². The zero-order valence-electron chi connectivity index (χ0n) is 13.6. The molecule has 4 nitrogen and oxygen atoms in total. The van der Waals surface area contributed by atoms with Crippen LogP contribution >= 0.6 is 0 Å². The number of fused-ring (bicyclic) bond motifs is 1. The maximum absolute atomic E-state index is 11.8. The summed E-state index contributed by atoms with van der Waals surface area (Å²) in [6, 6.07) is 19.3. The standard InChI is InChI=1S/C21H17NO3/c23-19-10-12-24-20-13-17(8-9-18(19)20)25-14-16-7-4-11-22-21(16)15-5-2-1-3-6-15/h1-9,11,13H,10,12,14H2. The summed E-state index contributed by atoms with van der Waals surface area (Å²) in [5, 5.41) is 0. The first-order chi connectivity index (χ1) is 12.3. The molecule has 0 spiro atoms. The second-order valence-corrected chi connectivity index (χ2v) is 5.85. The van der Waals surface area contributed by atoms with Crippen LogP contribution in [0.25, 0.3) is 11.3 Å². The number of nitrogens with zero attached hydrogens (tertiary/aromatic N) is 1. The number of hydrogen-bond donors (Lipinski definition) is 0. The van der Waals surface area contributed by atoms with Crippen LogP contribution in [0.1, 0.15) is 22.3 Å². The molecule has 0 radical (unpaired) electrons. The van der Waals surface area contributed by atoms with E-state index in [4.69, 9.17) is 9.47 Å². The highest BCUT2D eigenvalue weighted by Crippen LogP contribution is 2.30. The van der Waals surface area contributed by atoms with Gasteiger partial charge in [0.05, 0.1) is 17.9 Å². The molecule has 2 heterocycles. The number of rotatable bonds is 4. The summed E-state index contributed by atoms with van der Waals surface area (Å²) in [5.74, 6) is 1.39. The first-order valence-electron chi connectivity index (χ1n) is 8.23. The fourth-order valence-electron chi connectivity index (χ4n) is 2.90. The normalized spacial score (nSPS) is 13.0. The number of ether oxygens (including phenoxy) is 2. The van der Waals surface area contributed by atoms with E-state index in [-0.39, 0.29) is 5.78 Å². The molecule has 0 bridgehead atoms. The minimum Gasteiger partial charge on any atom is -0.492 e. The van der Waals surface area contributed by atoms with E-state index in [2.05, 4.69) is 4.98 Å². The van der Waals surface area contributed by atoms with Crippen molar-refractivity contribution < 1.29 is 14.3 Å². The summed E-state index contributed by atoms with van der Waals surface area (Å²) in [6.45, 7) is 0.820. The van der Waals surface area contributed by atoms with E-state index >= 15 is 0 Å². The Labute approximate surface area is 146 Å². The minimum absolute atomic E-state index is 0.117. The highest BCUT2D eigenvalue weighted by molar-refractivity contribution is 5.99. The third-order valence-electron chi connectivity index (χ3n) is 4.17. The molecule has 0 aliphatic carbocycles. The van der Waals surface area contributed by atoms with Gasteiger partial charge in [-0.25, -0.2) is 0 Å². The van der Waals surface area contributed by atoms with Crippen LogP contribution in [-0.4, -0.2) is 17.4 Å². The van der Waals surface area contributed by atoms with Gasteiger partial charge >= 0.3 is 0 Å². The van der Waals surface area contributed by atoms with E-state index in [0.717, 1.165) is 16.8 Å². The van der Waals surface area contributed by atoms with Crippen molar-refractivity contribution in [2.75, 3.05) is 6.61 Å². The number of Topliss-reactive ketones (excluding diaryl/α,β-unsaturated/α-hetero) is 1. The van der Waals surface area contributed by atoms with E-state index in [1.807, 2.05) is 48.5 Å². The summed E-state index contributed by atoms with van der Waals surface area (Å²) in [4.78, 5) is 16.3. The Kier molecular flexibility index (Phi) is 4.17. The molecule has 1 aliphatic heterocycles. The van der Waals surface area contributed by atoms with E-state index in [1.54, 1.807) is 18.3 Å². The van der Waals surface area contributed by atoms with Gasteiger partial charge in [0.1, 0.15) is 18.1 Å². The Morgan fingerprint density at radius 1 is 1.04 bits per heavy atom. The number of pyridine rings is 1. The van der Waals surface area contributed by atoms with Crippen molar-refractivity contribution in [2.24, 2.45) is 0 Å². The smallest absolute Gasteiger partial charge is 0.169 e. The molecule has 124 valence electrons. The van der Waals surface area contributed by atoms with Crippen molar-refractivity contribution >= 4 is 5.78 Å². The molecule has 1 aliphatic rings. The van der Waals surface area contributed by atoms with Gasteiger partial charge in [-0.1, -0.05) is 36.4 Å². The SMILES string of the molecule is O=C1CCOc2cc(OCc3cccnc3-c3ccccc3)ccc21. The molecule has 2 aromatic carbocycles. The predicted molar refractivity (Wildman–Crippen MR) is 94.9 cm³/mol. The van der Waals surface area contributed by atoms with Gasteiger partial charge in [0, 0.05) is 29.8 Å². The lowest BCUT2D eigenvalue weighted by atomic mass is 10.0. The second kappa shape index (κ2) is 6.77. The van der Waals surface area contributed by atoms with Crippen LogP contribution in [0.4, 0.5) is 0 Å². The molecule has 1 aromatic heterocycles. The first-order valence-corrected chi connectivity index (χ1v) is 8.23. The fraction of sp³-hybridized carbons (Fsp3) is 0.143. The third-order valence-corrected chi connectivity index (χ3v) is 4.17. The molecule has 4 heteroatoms. The Bertz CT molecular complexity index is 906. The van der Waals surface area contributed by atoms with E-state index in [1.165, 1.54) is 0 Å². The molecule has 0 amide bonds. The van der Waals surface area contributed by atoms with Crippen LogP contribution < -0.4 is 9.47 Å². The summed E-state index contributed by atoms with van der Waals surface area (Å²) in [7, 11) is 0. The topological polar surface area (TPSA) is 48.4 Å². The molecule has 0 N–H and O–H groups in total. The monoisotopic (exact) mass is 331 g/mol. The lowest BCUT2D eigenvalue weighted by Gasteiger charge is -2.17. The zero-order valence-corrected chi connectivity index (χ0v) is 13.6. The molecule has 0 saturated carbocycles. The predicted octanol–water partition coefficient (Wildman–Crippen LogP) is 4.29. The van der Waals surface area contributed by atoms with Gasteiger partial charge in [-0.15, -0.1) is 0 Å². The highest BCUT2D eigenvalue weighted by Gasteiger charge is 2.18. The molecule has 0 unspecified atom stereocenters. The molecule has 25 heavy (non-hydrogen) atoms. The Balaban J connectivity index is 1.56. The van der Waals surface area contributed by atoms with Gasteiger partial charge in [0.2, 0.25) is 0 Å². The molecule has 0 atom stereocenters. The maximum Gasteiger partial charge on any atom is 0.169 e. The summed E-state index contributed by atoms with van der Waals surface area (Å²) in [6.07, 6.45) is 2.22. The summed E-state index contributed by atoms with van der Waals surface area (Å²) >= 11 is 0. The van der Waals surface area contributed by atoms with Crippen molar-refractivity contribution in [3.8, 4) is 22.8 Å². The zero-order chi connectivity index (χ0) is 17.1. The molecule has 4 rings (SSSR count). The quantitative estimate of drug-likeness (QED) is 0.715. The molecule has 0 fully saturated rings. The second-order valence-electron chi connectivity index (χ2n) is 5.85. The largest absolute Gasteiger partial charge is 0.492 e. The Hall–Kier alpha value is -3.14. The third kappa shape index (κ3) is 3.24. The first kappa shape index (κ1) is 15.4. The lowest BCUT2D eigenvalue weighted by Crippen LogP contribution is -2.15. The highest BCUT2D eigenvalue weighted by atomic mass is 16.5. The molecule has 3 aromatic rings. The van der Waals surface area contributed by atoms with Crippen LogP contribution in [0.2, 0.25) is 0 Å². The van der Waals surface area contributed by atoms with Crippen molar-refractivity contribution in [1.82, 2.24) is 4.98 Å². The van der Waals surface area contributed by atoms with Gasteiger partial charge in [-0.3, -0.25) is 9.78 Å². The number of aromatic nitrogens is 1. The molecular weight excluding hydrogens is 314 g/mol. The average Bonchev–Trinajstić information content (AvgIpc) is 2.67. The van der Waals surface area contributed by atoms with Gasteiger partial charge in [0.25, 0.3) is 0 Å². The van der Waals surface area contributed by atoms with Crippen molar-refractivity contribution in [1.29, 1.82) is 0 Å². The summed E-state index contributed by atoms with van der Waals surface area (Å²) < 4.78 is 11.5. The van der Waals surface area contributed by atoms with Gasteiger partial charge in [-0.2, -0.15) is 0 Å². The minimum atomic E-state index is 0.117. The number of carbonyl (C=O) groups excluding carboxylic acids is 1. The number of benzene rings is 2. The lowest BCUT2D eigenvalue weighted by molar-refractivity contribution is 0.0933. The van der Waals surface area contributed by atoms with Crippen LogP contribution in [-0.2, 0) is 6.61 Å². The van der Waals surface area contributed by atoms with Gasteiger partial charge < -0.3 is 9.47 Å². The summed E-state index contributed by atoms with van der Waals surface area (Å²) in [5.41, 5.74) is 3.60. The average molecular weight is 331 g/mol. The van der Waals surface area contributed by atoms with Crippen LogP contribution in [0, 0.1) is 0 Å². The van der Waals surface area contributed by atoms with E-state index in [9.17, 15) is 4.79 Å². The number of carbonyl (C=O) groups is 1. The Morgan fingerprint density at radius 2 is 1.92 bits per heavy atom. The molecule has 0 saturated heterocycles. The van der Waals surface area contributed by atoms with Crippen LogP contribution in [0.15, 0.2) is 66.9 Å². The van der Waals surface area contributed by atoms with Gasteiger partial charge in [-0.05, 0) is 18.2 Å². The van der Waals surface area contributed by atoms with Crippen molar-refractivity contribution in [2.45, 2.75) is 13.0 Å². The molecular formula is C21H17NO3. The van der Waals surface area contributed by atoms with Crippen molar-refractivity contribution in [3.05, 3.63) is 78.0 Å². The van der Waals surface area contributed by atoms with E-state index in [0.29, 0.717) is 36.7 Å². The number of ketones is 1. The Morgan fingerprint density at radius 3 is 2.80 bits per heavy atom. The van der Waals surface area contributed by atoms with Crippen LogP contribution in [0.5, 0.6) is 11.5 Å². The number of hydrogen-bond acceptors (Lipinski definition) is 4. The maximum atomic E-state index is 11.8. The fourth-order valence-corrected chi connectivity index (χ4v) is 2.90.